The van der Waals surface area contributed by atoms with Crippen molar-refractivity contribution in [2.24, 2.45) is 0 Å². The molecular weight excluding hydrogens is 354 g/mol. The maximum atomic E-state index is 12.0. The molecule has 0 bridgehead atoms. The summed E-state index contributed by atoms with van der Waals surface area (Å²) in [4.78, 5) is 41.7. The second-order valence-electron chi connectivity index (χ2n) is 5.20. The summed E-state index contributed by atoms with van der Waals surface area (Å²) in [5.74, 6) is -0.291. The standard InChI is InChI=1S/C14H14BrN3O4/c15-10-2-1-5-16-14(10)22-9-6-17(7-9)13(21)8-18-11(19)3-4-12(18)20/h1-2,5,9H,3-4,6-8H2. The maximum Gasteiger partial charge on any atom is 0.243 e. The van der Waals surface area contributed by atoms with Crippen LogP contribution in [-0.4, -0.2) is 58.2 Å². The summed E-state index contributed by atoms with van der Waals surface area (Å²) in [6, 6.07) is 3.62. The monoisotopic (exact) mass is 367 g/mol. The van der Waals surface area contributed by atoms with Crippen molar-refractivity contribution in [3.05, 3.63) is 22.8 Å². The van der Waals surface area contributed by atoms with Crippen molar-refractivity contribution in [2.45, 2.75) is 18.9 Å². The van der Waals surface area contributed by atoms with Crippen molar-refractivity contribution >= 4 is 33.7 Å². The van der Waals surface area contributed by atoms with Gasteiger partial charge in [0.1, 0.15) is 12.6 Å². The zero-order valence-electron chi connectivity index (χ0n) is 11.7. The van der Waals surface area contributed by atoms with Crippen LogP contribution in [0.2, 0.25) is 0 Å². The van der Waals surface area contributed by atoms with Crippen LogP contribution in [0.1, 0.15) is 12.8 Å². The molecule has 0 unspecified atom stereocenters. The summed E-state index contributed by atoms with van der Waals surface area (Å²) < 4.78 is 6.43. The number of aromatic nitrogens is 1. The molecule has 1 aromatic rings. The fourth-order valence-corrected chi connectivity index (χ4v) is 2.72. The zero-order valence-corrected chi connectivity index (χ0v) is 13.3. The highest BCUT2D eigenvalue weighted by Crippen LogP contribution is 2.24. The Labute approximate surface area is 135 Å². The van der Waals surface area contributed by atoms with Crippen LogP contribution < -0.4 is 4.74 Å². The van der Waals surface area contributed by atoms with E-state index in [1.807, 2.05) is 6.07 Å². The van der Waals surface area contributed by atoms with E-state index in [0.29, 0.717) is 19.0 Å². The second-order valence-corrected chi connectivity index (χ2v) is 6.06. The van der Waals surface area contributed by atoms with Crippen molar-refractivity contribution in [3.8, 4) is 5.88 Å². The fourth-order valence-electron chi connectivity index (χ4n) is 2.37. The number of rotatable bonds is 4. The van der Waals surface area contributed by atoms with Crippen molar-refractivity contribution in [1.82, 2.24) is 14.8 Å². The predicted molar refractivity (Wildman–Crippen MR) is 78.9 cm³/mol. The van der Waals surface area contributed by atoms with Gasteiger partial charge in [-0.3, -0.25) is 19.3 Å². The number of halogens is 1. The van der Waals surface area contributed by atoms with Crippen LogP contribution in [0.3, 0.4) is 0 Å². The van der Waals surface area contributed by atoms with Gasteiger partial charge in [0.2, 0.25) is 23.6 Å². The molecule has 0 N–H and O–H groups in total. The fraction of sp³-hybridized carbons (Fsp3) is 0.429. The van der Waals surface area contributed by atoms with E-state index in [0.717, 1.165) is 9.37 Å². The highest BCUT2D eigenvalue weighted by molar-refractivity contribution is 9.10. The molecule has 1 aromatic heterocycles. The molecule has 3 rings (SSSR count). The molecule has 2 fully saturated rings. The molecule has 22 heavy (non-hydrogen) atoms. The quantitative estimate of drug-likeness (QED) is 0.727. The average Bonchev–Trinajstić information content (AvgIpc) is 2.76. The van der Waals surface area contributed by atoms with Gasteiger partial charge in [0.15, 0.2) is 0 Å². The van der Waals surface area contributed by atoms with Gasteiger partial charge in [-0.05, 0) is 28.1 Å². The van der Waals surface area contributed by atoms with Gasteiger partial charge in [0, 0.05) is 19.0 Å². The van der Waals surface area contributed by atoms with Gasteiger partial charge in [-0.1, -0.05) is 0 Å². The molecule has 2 saturated heterocycles. The van der Waals surface area contributed by atoms with E-state index in [1.54, 1.807) is 17.2 Å². The number of ether oxygens (including phenoxy) is 1. The predicted octanol–water partition coefficient (Wildman–Crippen LogP) is 0.583. The summed E-state index contributed by atoms with van der Waals surface area (Å²) in [6.07, 6.45) is 1.91. The molecule has 116 valence electrons. The molecule has 0 saturated carbocycles. The Kier molecular flexibility index (Phi) is 4.10. The molecule has 8 heteroatoms. The summed E-state index contributed by atoms with van der Waals surface area (Å²) in [5, 5.41) is 0. The minimum absolute atomic E-state index is 0.125. The Bertz CT molecular complexity index is 614. The number of carbonyl (C=O) groups is 3. The van der Waals surface area contributed by atoms with Crippen LogP contribution >= 0.6 is 15.9 Å². The minimum atomic E-state index is -0.274. The summed E-state index contributed by atoms with van der Waals surface area (Å²) >= 11 is 3.34. The third kappa shape index (κ3) is 2.96. The number of likely N-dealkylation sites (tertiary alicyclic amines) is 2. The van der Waals surface area contributed by atoms with E-state index >= 15 is 0 Å². The first kappa shape index (κ1) is 15.0. The van der Waals surface area contributed by atoms with E-state index in [-0.39, 0.29) is 43.2 Å². The average molecular weight is 368 g/mol. The van der Waals surface area contributed by atoms with Gasteiger partial charge >= 0.3 is 0 Å². The maximum absolute atomic E-state index is 12.0. The number of carbonyl (C=O) groups excluding carboxylic acids is 3. The second kappa shape index (κ2) is 6.04. The van der Waals surface area contributed by atoms with Gasteiger partial charge in [0.25, 0.3) is 0 Å². The molecule has 2 aliphatic heterocycles. The Hall–Kier alpha value is -1.96. The summed E-state index contributed by atoms with van der Waals surface area (Å²) in [5.41, 5.74) is 0. The number of hydrogen-bond acceptors (Lipinski definition) is 5. The molecule has 0 aliphatic carbocycles. The largest absolute Gasteiger partial charge is 0.470 e. The molecule has 3 amide bonds. The van der Waals surface area contributed by atoms with Crippen molar-refractivity contribution in [2.75, 3.05) is 19.6 Å². The van der Waals surface area contributed by atoms with E-state index in [4.69, 9.17) is 4.74 Å². The molecule has 0 atom stereocenters. The molecule has 0 spiro atoms. The number of amides is 3. The molecule has 3 heterocycles. The molecule has 7 nitrogen and oxygen atoms in total. The van der Waals surface area contributed by atoms with E-state index in [1.165, 1.54) is 0 Å². The normalized spacial score (nSPS) is 18.6. The number of imide groups is 1. The van der Waals surface area contributed by atoms with E-state index in [9.17, 15) is 14.4 Å². The van der Waals surface area contributed by atoms with E-state index < -0.39 is 0 Å². The third-order valence-electron chi connectivity index (χ3n) is 3.65. The van der Waals surface area contributed by atoms with Crippen LogP contribution in [0.15, 0.2) is 22.8 Å². The lowest BCUT2D eigenvalue weighted by Crippen LogP contribution is -2.58. The lowest BCUT2D eigenvalue weighted by molar-refractivity contribution is -0.149. The van der Waals surface area contributed by atoms with Crippen molar-refractivity contribution in [3.63, 3.8) is 0 Å². The van der Waals surface area contributed by atoms with Gasteiger partial charge in [-0.15, -0.1) is 0 Å². The van der Waals surface area contributed by atoms with Crippen LogP contribution in [0.25, 0.3) is 0 Å². The third-order valence-corrected chi connectivity index (χ3v) is 4.26. The van der Waals surface area contributed by atoms with Crippen LogP contribution in [0.5, 0.6) is 5.88 Å². The Morgan fingerprint density at radius 3 is 2.64 bits per heavy atom. The molecular formula is C14H14BrN3O4. The number of nitrogens with zero attached hydrogens (tertiary/aromatic N) is 3. The van der Waals surface area contributed by atoms with Crippen LogP contribution in [0, 0.1) is 0 Å². The Morgan fingerprint density at radius 2 is 2.00 bits per heavy atom. The molecule has 0 aromatic carbocycles. The smallest absolute Gasteiger partial charge is 0.243 e. The SMILES string of the molecule is O=C(CN1C(=O)CCC1=O)N1CC(Oc2ncccc2Br)C1. The molecule has 2 aliphatic rings. The first-order valence-corrected chi connectivity index (χ1v) is 7.72. The minimum Gasteiger partial charge on any atom is -0.470 e. The van der Waals surface area contributed by atoms with Crippen molar-refractivity contribution < 1.29 is 19.1 Å². The summed E-state index contributed by atoms with van der Waals surface area (Å²) in [6.45, 7) is 0.688. The summed E-state index contributed by atoms with van der Waals surface area (Å²) in [7, 11) is 0. The number of pyridine rings is 1. The zero-order chi connectivity index (χ0) is 15.7. The van der Waals surface area contributed by atoms with Crippen molar-refractivity contribution in [1.29, 1.82) is 0 Å². The van der Waals surface area contributed by atoms with Crippen LogP contribution in [-0.2, 0) is 14.4 Å². The van der Waals surface area contributed by atoms with Gasteiger partial charge in [0.05, 0.1) is 17.6 Å². The first-order valence-electron chi connectivity index (χ1n) is 6.92. The Balaban J connectivity index is 1.49. The lowest BCUT2D eigenvalue weighted by Gasteiger charge is -2.39. The van der Waals surface area contributed by atoms with Gasteiger partial charge < -0.3 is 9.64 Å². The highest BCUT2D eigenvalue weighted by atomic mass is 79.9. The lowest BCUT2D eigenvalue weighted by atomic mass is 10.1. The van der Waals surface area contributed by atoms with E-state index in [2.05, 4.69) is 20.9 Å². The van der Waals surface area contributed by atoms with Gasteiger partial charge in [-0.25, -0.2) is 4.98 Å². The Morgan fingerprint density at radius 1 is 1.32 bits per heavy atom. The topological polar surface area (TPSA) is 79.8 Å². The van der Waals surface area contributed by atoms with Crippen LogP contribution in [0.4, 0.5) is 0 Å². The highest BCUT2D eigenvalue weighted by Gasteiger charge is 2.37. The number of hydrogen-bond donors (Lipinski definition) is 0. The first-order chi connectivity index (χ1) is 10.5. The molecule has 0 radical (unpaired) electrons. The van der Waals surface area contributed by atoms with Gasteiger partial charge in [-0.2, -0.15) is 0 Å².